The first-order valence-electron chi connectivity index (χ1n) is 3.26. The normalized spacial score (nSPS) is 18.5. The predicted octanol–water partition coefficient (Wildman–Crippen LogP) is 0.883. The van der Waals surface area contributed by atoms with Gasteiger partial charge in [-0.1, -0.05) is 0 Å². The Morgan fingerprint density at radius 1 is 1.40 bits per heavy atom. The summed E-state index contributed by atoms with van der Waals surface area (Å²) in [5.74, 6) is 0.645. The van der Waals surface area contributed by atoms with Crippen LogP contribution in [0.15, 0.2) is 4.99 Å². The van der Waals surface area contributed by atoms with Crippen molar-refractivity contribution in [3.8, 4) is 0 Å². The number of hydrogen-bond donors (Lipinski definition) is 0. The van der Waals surface area contributed by atoms with Gasteiger partial charge < -0.3 is 0 Å². The van der Waals surface area contributed by atoms with Crippen molar-refractivity contribution >= 4 is 13.6 Å². The van der Waals surface area contributed by atoms with E-state index in [1.807, 2.05) is 0 Å². The van der Waals surface area contributed by atoms with Gasteiger partial charge in [-0.05, 0) is 0 Å². The first kappa shape index (κ1) is 8.88. The average molecular weight is 475 g/mol. The van der Waals surface area contributed by atoms with E-state index in [-0.39, 0.29) is 0 Å². The molecule has 1 aliphatic rings. The number of hydrogen-bond acceptors (Lipinski definition) is 1. The molecule has 10 heavy (non-hydrogen) atoms. The summed E-state index contributed by atoms with van der Waals surface area (Å²) in [5, 5.41) is 0. The molecule has 0 aromatic rings. The van der Waals surface area contributed by atoms with Crippen LogP contribution < -0.4 is 0 Å². The van der Waals surface area contributed by atoms with Crippen LogP contribution in [0.4, 0.5) is 0 Å². The molecule has 0 atom stereocenters. The molecule has 0 saturated heterocycles. The van der Waals surface area contributed by atoms with Crippen molar-refractivity contribution in [1.29, 1.82) is 0 Å². The molecule has 0 saturated carbocycles. The van der Waals surface area contributed by atoms with Crippen LogP contribution in [0.5, 0.6) is 0 Å². The third kappa shape index (κ3) is 1.89. The molecule has 0 radical (unpaired) electrons. The van der Waals surface area contributed by atoms with E-state index in [0.717, 1.165) is 6.42 Å². The minimum absolute atomic E-state index is 0.645. The molecular weight excluding hydrogens is 466 g/mol. The summed E-state index contributed by atoms with van der Waals surface area (Å²) in [4.78, 5) is 4.52. The van der Waals surface area contributed by atoms with Crippen molar-refractivity contribution in [2.75, 3.05) is 0 Å². The maximum atomic E-state index is 4.52. The number of nitrogens with zero attached hydrogens (tertiary/aromatic N) is 1. The summed E-state index contributed by atoms with van der Waals surface area (Å²) in [6, 6.07) is 0. The van der Waals surface area contributed by atoms with Crippen molar-refractivity contribution in [2.24, 2.45) is 10.9 Å². The van der Waals surface area contributed by atoms with Crippen LogP contribution >= 0.6 is 0 Å². The molecule has 1 rings (SSSR count). The van der Waals surface area contributed by atoms with E-state index < -0.39 is 0 Å². The van der Waals surface area contributed by atoms with Crippen LogP contribution in [0.25, 0.3) is 0 Å². The summed E-state index contributed by atoms with van der Waals surface area (Å²) >= 11 is 3.12. The van der Waals surface area contributed by atoms with E-state index in [9.17, 15) is 0 Å². The fourth-order valence-corrected chi connectivity index (χ4v) is 2.18. The zero-order valence-corrected chi connectivity index (χ0v) is 11.9. The van der Waals surface area contributed by atoms with E-state index in [1.165, 1.54) is 29.1 Å². The van der Waals surface area contributed by atoms with Gasteiger partial charge in [0.15, 0.2) is 0 Å². The van der Waals surface area contributed by atoms with Gasteiger partial charge in [-0.15, -0.1) is 0 Å². The predicted molar refractivity (Wildman–Crippen MR) is 36.9 cm³/mol. The third-order valence-corrected chi connectivity index (χ3v) is 5.93. The van der Waals surface area contributed by atoms with Gasteiger partial charge in [0.05, 0.1) is 0 Å². The SMILES string of the molecule is CC(C)C1=N[C](=[W])[C](=[W])C1. The minimum atomic E-state index is 0.645. The van der Waals surface area contributed by atoms with Gasteiger partial charge >= 0.3 is 83.5 Å². The molecule has 0 aliphatic carbocycles. The fourth-order valence-electron chi connectivity index (χ4n) is 0.806. The van der Waals surface area contributed by atoms with Crippen LogP contribution in [0.1, 0.15) is 20.3 Å². The zero-order valence-electron chi connectivity index (χ0n) is 6.05. The van der Waals surface area contributed by atoms with Crippen molar-refractivity contribution in [1.82, 2.24) is 0 Å². The van der Waals surface area contributed by atoms with Gasteiger partial charge in [0.1, 0.15) is 0 Å². The maximum absolute atomic E-state index is 4.52. The Morgan fingerprint density at radius 3 is 2.20 bits per heavy atom. The Bertz CT molecular complexity index is 216. The monoisotopic (exact) mass is 475 g/mol. The van der Waals surface area contributed by atoms with Crippen LogP contribution in [0.2, 0.25) is 0 Å². The standard InChI is InChI=1S/C7H9N.2W/c1-6(2)7-4-3-5-8-7;;/h6H,4H2,1-2H3;;. The molecule has 0 bridgehead atoms. The molecule has 54 valence electrons. The Morgan fingerprint density at radius 2 is 2.00 bits per heavy atom. The van der Waals surface area contributed by atoms with E-state index >= 15 is 0 Å². The second-order valence-electron chi connectivity index (χ2n) is 2.66. The molecule has 0 fully saturated rings. The Kier molecular flexibility index (Phi) is 3.07. The fraction of sp³-hybridized carbons (Fsp3) is 0.571. The number of aliphatic imine (C=N–C) groups is 1. The van der Waals surface area contributed by atoms with Crippen molar-refractivity contribution in [3.63, 3.8) is 0 Å². The Balaban J connectivity index is 2.77. The summed E-state index contributed by atoms with van der Waals surface area (Å²) in [6.07, 6.45) is 1.16. The second-order valence-corrected chi connectivity index (χ2v) is 5.82. The van der Waals surface area contributed by atoms with Crippen LogP contribution in [0.3, 0.4) is 0 Å². The molecule has 0 spiro atoms. The Hall–Kier alpha value is 0.787. The van der Waals surface area contributed by atoms with Gasteiger partial charge in [-0.2, -0.15) is 0 Å². The molecule has 0 aromatic heterocycles. The number of rotatable bonds is 1. The van der Waals surface area contributed by atoms with Crippen LogP contribution in [0, 0.1) is 5.92 Å². The van der Waals surface area contributed by atoms with Gasteiger partial charge in [0.25, 0.3) is 0 Å². The molecule has 1 aliphatic heterocycles. The first-order chi connectivity index (χ1) is 4.61. The summed E-state index contributed by atoms with van der Waals surface area (Å²) in [6.45, 7) is 4.44. The average Bonchev–Trinajstić information content (AvgIpc) is 2.13. The van der Waals surface area contributed by atoms with Crippen molar-refractivity contribution < 1.29 is 38.7 Å². The molecule has 0 N–H and O–H groups in total. The molecule has 3 heteroatoms. The summed E-state index contributed by atoms with van der Waals surface area (Å²) in [5.41, 5.74) is 1.38. The molecule has 1 nitrogen and oxygen atoms in total. The van der Waals surface area contributed by atoms with Crippen molar-refractivity contribution in [2.45, 2.75) is 20.3 Å². The Labute approximate surface area is 83.1 Å². The summed E-state index contributed by atoms with van der Waals surface area (Å²) in [7, 11) is 0. The second kappa shape index (κ2) is 3.46. The van der Waals surface area contributed by atoms with Gasteiger partial charge in [-0.3, -0.25) is 0 Å². The van der Waals surface area contributed by atoms with Crippen molar-refractivity contribution in [3.05, 3.63) is 0 Å². The zero-order chi connectivity index (χ0) is 7.72. The van der Waals surface area contributed by atoms with E-state index in [2.05, 4.69) is 18.8 Å². The van der Waals surface area contributed by atoms with E-state index in [1.54, 1.807) is 23.3 Å². The van der Waals surface area contributed by atoms with Crippen LogP contribution in [-0.4, -0.2) is 13.6 Å². The van der Waals surface area contributed by atoms with E-state index in [0.29, 0.717) is 5.92 Å². The summed E-state index contributed by atoms with van der Waals surface area (Å²) < 4.78 is 2.90. The molecule has 0 unspecified atom stereocenters. The molecular formula is C7H9NW2. The van der Waals surface area contributed by atoms with Gasteiger partial charge in [0, 0.05) is 0 Å². The topological polar surface area (TPSA) is 12.4 Å². The van der Waals surface area contributed by atoms with E-state index in [4.69, 9.17) is 0 Å². The first-order valence-corrected chi connectivity index (χ1v) is 6.19. The third-order valence-electron chi connectivity index (χ3n) is 1.49. The van der Waals surface area contributed by atoms with Gasteiger partial charge in [0.2, 0.25) is 0 Å². The van der Waals surface area contributed by atoms with Gasteiger partial charge in [-0.25, -0.2) is 0 Å². The molecule has 0 aromatic carbocycles. The quantitative estimate of drug-likeness (QED) is 0.535. The molecule has 1 heterocycles. The van der Waals surface area contributed by atoms with Crippen LogP contribution in [-0.2, 0) is 38.7 Å². The molecule has 0 amide bonds.